The van der Waals surface area contributed by atoms with Gasteiger partial charge in [0.2, 0.25) is 11.8 Å². The van der Waals surface area contributed by atoms with Gasteiger partial charge in [0.1, 0.15) is 0 Å². The van der Waals surface area contributed by atoms with E-state index in [4.69, 9.17) is 5.73 Å². The van der Waals surface area contributed by atoms with Gasteiger partial charge in [0.05, 0.1) is 5.92 Å². The topological polar surface area (TPSA) is 63.4 Å². The van der Waals surface area contributed by atoms with Gasteiger partial charge < -0.3 is 10.6 Å². The monoisotopic (exact) mass is 278 g/mol. The number of piperidine rings is 1. The van der Waals surface area contributed by atoms with E-state index >= 15 is 0 Å². The van der Waals surface area contributed by atoms with Gasteiger partial charge in [-0.1, -0.05) is 0 Å². The first kappa shape index (κ1) is 13.8. The van der Waals surface area contributed by atoms with Crippen LogP contribution in [0.4, 0.5) is 0 Å². The predicted molar refractivity (Wildman–Crippen MR) is 76.4 cm³/mol. The number of nitrogens with two attached hydrogens (primary N) is 1. The van der Waals surface area contributed by atoms with Gasteiger partial charge in [0.15, 0.2) is 0 Å². The number of carbonyl (C=O) groups excluding carboxylic acids is 2. The molecule has 1 aromatic heterocycles. The lowest BCUT2D eigenvalue weighted by Gasteiger charge is -2.36. The summed E-state index contributed by atoms with van der Waals surface area (Å²) in [6, 6.07) is 2.12. The molecule has 0 aromatic carbocycles. The van der Waals surface area contributed by atoms with Crippen LogP contribution in [0, 0.1) is 5.92 Å². The fourth-order valence-electron chi connectivity index (χ4n) is 2.28. The summed E-state index contributed by atoms with van der Waals surface area (Å²) in [5, 5.41) is 3.95. The smallest absolute Gasteiger partial charge is 0.246 e. The zero-order valence-corrected chi connectivity index (χ0v) is 11.7. The number of nitrogens with zero attached hydrogens (tertiary/aromatic N) is 1. The molecule has 1 fully saturated rings. The summed E-state index contributed by atoms with van der Waals surface area (Å²) in [6.07, 6.45) is 4.97. The molecule has 0 unspecified atom stereocenters. The Morgan fingerprint density at radius 1 is 1.47 bits per heavy atom. The lowest BCUT2D eigenvalue weighted by Crippen LogP contribution is -2.48. The van der Waals surface area contributed by atoms with Crippen molar-refractivity contribution in [3.05, 3.63) is 28.5 Å². The maximum atomic E-state index is 12.2. The summed E-state index contributed by atoms with van der Waals surface area (Å²) in [7, 11) is 0. The minimum absolute atomic E-state index is 0.0512. The third-order valence-electron chi connectivity index (χ3n) is 3.53. The number of hydrogen-bond acceptors (Lipinski definition) is 3. The van der Waals surface area contributed by atoms with Crippen molar-refractivity contribution in [2.24, 2.45) is 11.7 Å². The third-order valence-corrected chi connectivity index (χ3v) is 4.23. The maximum absolute atomic E-state index is 12.2. The number of rotatable bonds is 3. The average molecular weight is 278 g/mol. The van der Waals surface area contributed by atoms with Crippen LogP contribution < -0.4 is 5.73 Å². The lowest BCUT2D eigenvalue weighted by molar-refractivity contribution is -0.133. The maximum Gasteiger partial charge on any atom is 0.246 e. The molecule has 2 rings (SSSR count). The highest BCUT2D eigenvalue weighted by Crippen LogP contribution is 2.22. The normalized spacial score (nSPS) is 23.7. The van der Waals surface area contributed by atoms with Gasteiger partial charge in [0, 0.05) is 18.7 Å². The Labute approximate surface area is 116 Å². The van der Waals surface area contributed by atoms with Gasteiger partial charge in [-0.15, -0.1) is 0 Å². The molecule has 5 heteroatoms. The van der Waals surface area contributed by atoms with E-state index in [1.54, 1.807) is 28.4 Å². The SMILES string of the molecule is C[C@@H]1CC[C@@H](C(N)=O)CN1C(=O)/C=C\c1ccsc1. The van der Waals surface area contributed by atoms with Crippen molar-refractivity contribution in [3.8, 4) is 0 Å². The second-order valence-electron chi connectivity index (χ2n) is 4.91. The predicted octanol–water partition coefficient (Wildman–Crippen LogP) is 1.87. The van der Waals surface area contributed by atoms with E-state index in [0.717, 1.165) is 18.4 Å². The van der Waals surface area contributed by atoms with Crippen LogP contribution in [0.2, 0.25) is 0 Å². The standard InChI is InChI=1S/C14H18N2O2S/c1-10-2-4-12(14(15)18)8-16(10)13(17)5-3-11-6-7-19-9-11/h3,5-7,9-10,12H,2,4,8H2,1H3,(H2,15,18)/b5-3-/t10-,12-/m1/s1. The van der Waals surface area contributed by atoms with Crippen LogP contribution in [0.3, 0.4) is 0 Å². The molecule has 2 N–H and O–H groups in total. The van der Waals surface area contributed by atoms with Crippen molar-refractivity contribution in [2.75, 3.05) is 6.54 Å². The van der Waals surface area contributed by atoms with Crippen molar-refractivity contribution >= 4 is 29.2 Å². The summed E-state index contributed by atoms with van der Waals surface area (Å²) in [4.78, 5) is 25.1. The van der Waals surface area contributed by atoms with Gasteiger partial charge in [-0.05, 0) is 48.2 Å². The zero-order chi connectivity index (χ0) is 13.8. The molecule has 2 atom stereocenters. The van der Waals surface area contributed by atoms with E-state index in [1.165, 1.54) is 0 Å². The average Bonchev–Trinajstić information content (AvgIpc) is 2.89. The second kappa shape index (κ2) is 6.02. The first-order valence-corrected chi connectivity index (χ1v) is 7.32. The van der Waals surface area contributed by atoms with E-state index in [1.807, 2.05) is 23.8 Å². The zero-order valence-electron chi connectivity index (χ0n) is 10.9. The summed E-state index contributed by atoms with van der Waals surface area (Å²) in [6.45, 7) is 2.44. The van der Waals surface area contributed by atoms with Crippen molar-refractivity contribution < 1.29 is 9.59 Å². The van der Waals surface area contributed by atoms with E-state index in [-0.39, 0.29) is 23.8 Å². The molecule has 2 heterocycles. The van der Waals surface area contributed by atoms with Crippen molar-refractivity contribution in [1.82, 2.24) is 4.90 Å². The lowest BCUT2D eigenvalue weighted by atomic mass is 9.93. The summed E-state index contributed by atoms with van der Waals surface area (Å²) in [5.41, 5.74) is 6.36. The molecule has 1 aromatic rings. The molecule has 1 aliphatic rings. The third kappa shape index (κ3) is 3.44. The molecule has 0 radical (unpaired) electrons. The molecule has 1 aliphatic heterocycles. The minimum Gasteiger partial charge on any atom is -0.369 e. The Bertz CT molecular complexity index is 482. The van der Waals surface area contributed by atoms with Gasteiger partial charge in [-0.25, -0.2) is 0 Å². The number of hydrogen-bond donors (Lipinski definition) is 1. The first-order valence-electron chi connectivity index (χ1n) is 6.38. The van der Waals surface area contributed by atoms with E-state index in [0.29, 0.717) is 6.54 Å². The van der Waals surface area contributed by atoms with Crippen molar-refractivity contribution in [2.45, 2.75) is 25.8 Å². The highest BCUT2D eigenvalue weighted by atomic mass is 32.1. The van der Waals surface area contributed by atoms with Crippen LogP contribution in [0.5, 0.6) is 0 Å². The highest BCUT2D eigenvalue weighted by Gasteiger charge is 2.30. The Morgan fingerprint density at radius 3 is 2.89 bits per heavy atom. The van der Waals surface area contributed by atoms with Gasteiger partial charge in [0.25, 0.3) is 0 Å². The number of carbonyl (C=O) groups is 2. The van der Waals surface area contributed by atoms with Crippen LogP contribution in [0.15, 0.2) is 22.9 Å². The van der Waals surface area contributed by atoms with Crippen LogP contribution in [0.25, 0.3) is 6.08 Å². The summed E-state index contributed by atoms with van der Waals surface area (Å²) in [5.74, 6) is -0.578. The highest BCUT2D eigenvalue weighted by molar-refractivity contribution is 7.08. The Morgan fingerprint density at radius 2 is 2.26 bits per heavy atom. The summed E-state index contributed by atoms with van der Waals surface area (Å²) < 4.78 is 0. The van der Waals surface area contributed by atoms with E-state index in [9.17, 15) is 9.59 Å². The molecule has 0 bridgehead atoms. The van der Waals surface area contributed by atoms with Crippen molar-refractivity contribution in [1.29, 1.82) is 0 Å². The van der Waals surface area contributed by atoms with Gasteiger partial charge in [-0.3, -0.25) is 9.59 Å². The molecule has 2 amide bonds. The van der Waals surface area contributed by atoms with Crippen molar-refractivity contribution in [3.63, 3.8) is 0 Å². The Kier molecular flexibility index (Phi) is 4.37. The van der Waals surface area contributed by atoms with Crippen LogP contribution in [-0.4, -0.2) is 29.3 Å². The fraction of sp³-hybridized carbons (Fsp3) is 0.429. The fourth-order valence-corrected chi connectivity index (χ4v) is 2.91. The quantitative estimate of drug-likeness (QED) is 0.858. The van der Waals surface area contributed by atoms with Gasteiger partial charge >= 0.3 is 0 Å². The summed E-state index contributed by atoms with van der Waals surface area (Å²) >= 11 is 1.59. The van der Waals surface area contributed by atoms with Crippen LogP contribution >= 0.6 is 11.3 Å². The van der Waals surface area contributed by atoms with Crippen LogP contribution in [0.1, 0.15) is 25.3 Å². The number of amides is 2. The Hall–Kier alpha value is -1.62. The molecule has 0 aliphatic carbocycles. The molecule has 0 spiro atoms. The molecule has 102 valence electrons. The van der Waals surface area contributed by atoms with E-state index < -0.39 is 0 Å². The van der Waals surface area contributed by atoms with E-state index in [2.05, 4.69) is 0 Å². The first-order chi connectivity index (χ1) is 9.08. The van der Waals surface area contributed by atoms with Crippen LogP contribution in [-0.2, 0) is 9.59 Å². The number of thiophene rings is 1. The van der Waals surface area contributed by atoms with Gasteiger partial charge in [-0.2, -0.15) is 11.3 Å². The largest absolute Gasteiger partial charge is 0.369 e. The molecule has 4 nitrogen and oxygen atoms in total. The molecule has 19 heavy (non-hydrogen) atoms. The number of likely N-dealkylation sites (tertiary alicyclic amines) is 1. The molecular formula is C14H18N2O2S. The minimum atomic E-state index is -0.313. The number of primary amides is 1. The second-order valence-corrected chi connectivity index (χ2v) is 5.69. The molecule has 1 saturated heterocycles. The Balaban J connectivity index is 2.02. The molecular weight excluding hydrogens is 260 g/mol. The molecule has 0 saturated carbocycles.